The van der Waals surface area contributed by atoms with Crippen LogP contribution in [0.3, 0.4) is 0 Å². The number of amides is 4. The maximum absolute atomic E-state index is 16.4. The number of ether oxygens (including phenoxy) is 1. The van der Waals surface area contributed by atoms with Gasteiger partial charge in [-0.3, -0.25) is 24.5 Å². The van der Waals surface area contributed by atoms with Gasteiger partial charge in [0.25, 0.3) is 5.91 Å². The molecule has 4 amide bonds. The minimum Gasteiger partial charge on any atom is -0.496 e. The molecule has 15 heteroatoms. The number of nitrogens with zero attached hydrogens (tertiary/aromatic N) is 7. The summed E-state index contributed by atoms with van der Waals surface area (Å²) in [5.74, 6) is 0.872. The molecule has 0 radical (unpaired) electrons. The van der Waals surface area contributed by atoms with Crippen LogP contribution in [-0.4, -0.2) is 122 Å². The zero-order valence-corrected chi connectivity index (χ0v) is 38.7. The van der Waals surface area contributed by atoms with Gasteiger partial charge in [0.15, 0.2) is 0 Å². The molecular weight excluding hydrogens is 844 g/mol. The Kier molecular flexibility index (Phi) is 12.1. The number of fused-ring (bicyclic) bond motifs is 2. The Hall–Kier alpha value is -5.12. The number of piperazine rings is 1. The summed E-state index contributed by atoms with van der Waals surface area (Å²) in [6, 6.07) is 14.5. The van der Waals surface area contributed by atoms with E-state index in [9.17, 15) is 19.2 Å². The number of hydrogen-bond donors (Lipinski definition) is 1. The topological polar surface area (TPSA) is 122 Å². The number of hydrogen-bond acceptors (Lipinski definition) is 11. The lowest BCUT2D eigenvalue weighted by Crippen LogP contribution is -2.63. The molecule has 1 aromatic heterocycles. The first-order valence-electron chi connectivity index (χ1n) is 23.8. The highest BCUT2D eigenvalue weighted by atomic mass is 32.1. The highest BCUT2D eigenvalue weighted by Crippen LogP contribution is 2.59. The van der Waals surface area contributed by atoms with Crippen LogP contribution in [0.1, 0.15) is 92.7 Å². The molecule has 0 spiro atoms. The van der Waals surface area contributed by atoms with Gasteiger partial charge in [-0.25, -0.2) is 9.37 Å². The van der Waals surface area contributed by atoms with Crippen LogP contribution in [0, 0.1) is 23.1 Å². The monoisotopic (exact) mass is 904 g/mol. The number of benzene rings is 3. The second kappa shape index (κ2) is 17.9. The third-order valence-electron chi connectivity index (χ3n) is 15.8. The van der Waals surface area contributed by atoms with E-state index in [1.54, 1.807) is 23.6 Å². The summed E-state index contributed by atoms with van der Waals surface area (Å²) in [4.78, 5) is 69.2. The first kappa shape index (κ1) is 43.8. The molecule has 0 aliphatic carbocycles. The average Bonchev–Trinajstić information content (AvgIpc) is 3.94. The van der Waals surface area contributed by atoms with Crippen molar-refractivity contribution in [1.29, 1.82) is 0 Å². The fourth-order valence-corrected chi connectivity index (χ4v) is 12.7. The van der Waals surface area contributed by atoms with E-state index < -0.39 is 11.5 Å². The number of halogens is 1. The first-order valence-corrected chi connectivity index (χ1v) is 24.7. The van der Waals surface area contributed by atoms with Crippen molar-refractivity contribution in [2.24, 2.45) is 17.3 Å². The van der Waals surface area contributed by atoms with Crippen molar-refractivity contribution in [3.05, 3.63) is 76.5 Å². The molecule has 13 nitrogen and oxygen atoms in total. The van der Waals surface area contributed by atoms with E-state index in [1.807, 2.05) is 41.3 Å². The van der Waals surface area contributed by atoms with Crippen LogP contribution in [0.5, 0.6) is 5.75 Å². The average molecular weight is 905 g/mol. The Morgan fingerprint density at radius 1 is 0.815 bits per heavy atom. The lowest BCUT2D eigenvalue weighted by Gasteiger charge is -2.56. The molecule has 6 aliphatic rings. The van der Waals surface area contributed by atoms with Crippen LogP contribution in [0.25, 0.3) is 10.2 Å². The number of nitrogens with one attached hydrogen (secondary N) is 1. The van der Waals surface area contributed by atoms with Crippen LogP contribution in [0.2, 0.25) is 0 Å². The predicted octanol–water partition coefficient (Wildman–Crippen LogP) is 6.85. The third-order valence-corrected chi connectivity index (χ3v) is 16.7. The van der Waals surface area contributed by atoms with E-state index in [4.69, 9.17) is 4.74 Å². The Morgan fingerprint density at radius 2 is 1.49 bits per heavy atom. The van der Waals surface area contributed by atoms with Crippen molar-refractivity contribution in [2.75, 3.05) is 87.3 Å². The van der Waals surface area contributed by atoms with Crippen molar-refractivity contribution in [3.63, 3.8) is 0 Å². The van der Waals surface area contributed by atoms with Crippen LogP contribution >= 0.6 is 11.3 Å². The number of thiazole rings is 1. The van der Waals surface area contributed by atoms with Crippen molar-refractivity contribution in [2.45, 2.75) is 83.8 Å². The number of rotatable bonds is 12. The van der Waals surface area contributed by atoms with Gasteiger partial charge in [0.2, 0.25) is 17.7 Å². The van der Waals surface area contributed by atoms with E-state index in [-0.39, 0.29) is 41.9 Å². The van der Waals surface area contributed by atoms with Gasteiger partial charge in [-0.15, -0.1) is 11.3 Å². The summed E-state index contributed by atoms with van der Waals surface area (Å²) in [7, 11) is 1.65. The summed E-state index contributed by atoms with van der Waals surface area (Å²) in [5.41, 5.74) is 6.88. The molecule has 7 heterocycles. The van der Waals surface area contributed by atoms with E-state index >= 15 is 4.39 Å². The Bertz CT molecular complexity index is 2470. The standard InChI is InChI=1S/C50H61FN8O5S/c1-4-50(5-2)46(59(49(50)63)40-8-6-7-39-45(40)65-31-52-39)37-26-38(51)42(27-43(37)64-3)57-19-15-33(16-20-57)29-55-23-21-54(22-24-55)28-32-13-17-56(18-14-32)35-9-10-36-34(25-35)30-58(48(36)62)41-11-12-44(60)53-47(41)61/h6-10,25-27,31-33,41,46H,4-5,11-24,28-30H2,1-3H3,(H,53,60,61)/t41-,46-/m0/s1. The molecule has 0 unspecified atom stereocenters. The fraction of sp³-hybridized carbons (Fsp3) is 0.540. The highest BCUT2D eigenvalue weighted by Gasteiger charge is 2.60. The van der Waals surface area contributed by atoms with Crippen LogP contribution < -0.4 is 24.8 Å². The number of methoxy groups -OCH3 is 1. The summed E-state index contributed by atoms with van der Waals surface area (Å²) < 4.78 is 23.4. The van der Waals surface area contributed by atoms with E-state index in [2.05, 4.69) is 49.8 Å². The Labute approximate surface area is 384 Å². The van der Waals surface area contributed by atoms with E-state index in [1.165, 1.54) is 11.3 Å². The number of piperidine rings is 3. The maximum Gasteiger partial charge on any atom is 0.255 e. The van der Waals surface area contributed by atoms with Gasteiger partial charge >= 0.3 is 0 Å². The molecule has 10 rings (SSSR count). The van der Waals surface area contributed by atoms with Crippen LogP contribution in [0.15, 0.2) is 54.0 Å². The molecule has 3 aromatic carbocycles. The van der Waals surface area contributed by atoms with Crippen molar-refractivity contribution in [1.82, 2.24) is 25.0 Å². The SMILES string of the molecule is CCC1(CC)C(=O)N(c2cccc3ncsc23)[C@H]1c1cc(F)c(N2CCC(CN3CCN(CC4CCN(c5ccc6c(c5)CN([C@H]5CCC(=O)NC5=O)C6=O)CC4)CC3)CC2)cc1OC. The predicted molar refractivity (Wildman–Crippen MR) is 251 cm³/mol. The number of carbonyl (C=O) groups excluding carboxylic acids is 4. The molecule has 4 aromatic rings. The van der Waals surface area contributed by atoms with Gasteiger partial charge in [-0.05, 0) is 98.7 Å². The molecule has 5 fully saturated rings. The Morgan fingerprint density at radius 3 is 2.14 bits per heavy atom. The summed E-state index contributed by atoms with van der Waals surface area (Å²) in [5, 5.41) is 2.39. The van der Waals surface area contributed by atoms with Gasteiger partial charge in [0.1, 0.15) is 17.6 Å². The third kappa shape index (κ3) is 7.94. The second-order valence-electron chi connectivity index (χ2n) is 19.2. The van der Waals surface area contributed by atoms with Crippen LogP contribution in [0.4, 0.5) is 21.5 Å². The molecule has 6 aliphatic heterocycles. The molecule has 2 atom stereocenters. The lowest BCUT2D eigenvalue weighted by molar-refractivity contribution is -0.141. The van der Waals surface area contributed by atoms with Gasteiger partial charge in [0, 0.05) is 101 Å². The minimum absolute atomic E-state index is 0.0679. The first-order chi connectivity index (χ1) is 31.6. The van der Waals surface area contributed by atoms with Gasteiger partial charge < -0.3 is 34.1 Å². The van der Waals surface area contributed by atoms with Crippen molar-refractivity contribution < 1.29 is 28.3 Å². The van der Waals surface area contributed by atoms with E-state index in [0.717, 1.165) is 124 Å². The lowest BCUT2D eigenvalue weighted by atomic mass is 9.64. The minimum atomic E-state index is -0.640. The summed E-state index contributed by atoms with van der Waals surface area (Å²) >= 11 is 1.52. The van der Waals surface area contributed by atoms with Gasteiger partial charge in [-0.2, -0.15) is 0 Å². The molecular formula is C50H61FN8O5S. The van der Waals surface area contributed by atoms with Crippen molar-refractivity contribution in [3.8, 4) is 5.75 Å². The fourth-order valence-electron chi connectivity index (χ4n) is 11.9. The molecule has 0 bridgehead atoms. The van der Waals surface area contributed by atoms with Crippen LogP contribution in [-0.2, 0) is 20.9 Å². The maximum atomic E-state index is 16.4. The summed E-state index contributed by atoms with van der Waals surface area (Å²) in [6.07, 6.45) is 6.22. The molecule has 344 valence electrons. The number of β-lactam (4-membered cyclic amide) rings is 1. The quantitative estimate of drug-likeness (QED) is 0.119. The van der Waals surface area contributed by atoms with Crippen molar-refractivity contribution >= 4 is 62.2 Å². The van der Waals surface area contributed by atoms with E-state index in [0.29, 0.717) is 54.6 Å². The molecule has 1 N–H and O–H groups in total. The molecule has 5 saturated heterocycles. The highest BCUT2D eigenvalue weighted by molar-refractivity contribution is 7.17. The normalized spacial score (nSPS) is 23.6. The van der Waals surface area contributed by atoms with Gasteiger partial charge in [-0.1, -0.05) is 19.9 Å². The van der Waals surface area contributed by atoms with Gasteiger partial charge in [0.05, 0.1) is 45.7 Å². The Balaban J connectivity index is 0.694. The smallest absolute Gasteiger partial charge is 0.255 e. The zero-order valence-electron chi connectivity index (χ0n) is 37.9. The zero-order chi connectivity index (χ0) is 45.0. The summed E-state index contributed by atoms with van der Waals surface area (Å²) in [6.45, 7) is 14.6. The molecule has 65 heavy (non-hydrogen) atoms. The number of anilines is 3. The largest absolute Gasteiger partial charge is 0.496 e. The number of aromatic nitrogens is 1. The number of carbonyl (C=O) groups is 4. The molecule has 0 saturated carbocycles. The number of imide groups is 1. The second-order valence-corrected chi connectivity index (χ2v) is 20.0.